The molecule has 2 atom stereocenters. The number of halogens is 1. The van der Waals surface area contributed by atoms with Crippen molar-refractivity contribution in [1.82, 2.24) is 5.32 Å². The SMILES string of the molecule is Cl.NC(=O)c1ccc(-c2ccccc2)c(-c2ccccc2)c1C1CC1NCC1CC1. The van der Waals surface area contributed by atoms with Gasteiger partial charge < -0.3 is 11.1 Å². The molecule has 3 nitrogen and oxygen atoms in total. The van der Waals surface area contributed by atoms with Crippen molar-refractivity contribution in [1.29, 1.82) is 0 Å². The zero-order valence-electron chi connectivity index (χ0n) is 16.9. The molecule has 0 aliphatic heterocycles. The Kier molecular flexibility index (Phi) is 5.94. The Morgan fingerprint density at radius 2 is 1.53 bits per heavy atom. The molecule has 3 aromatic rings. The fourth-order valence-corrected chi connectivity index (χ4v) is 4.37. The summed E-state index contributed by atoms with van der Waals surface area (Å²) in [6, 6.07) is 25.2. The normalized spacial score (nSPS) is 19.7. The van der Waals surface area contributed by atoms with Crippen molar-refractivity contribution in [3.05, 3.63) is 83.9 Å². The first-order valence-electron chi connectivity index (χ1n) is 10.5. The number of hydrogen-bond acceptors (Lipinski definition) is 2. The number of amides is 1. The first kappa shape index (κ1) is 20.6. The molecule has 2 unspecified atom stereocenters. The molecule has 154 valence electrons. The summed E-state index contributed by atoms with van der Waals surface area (Å²) in [6.45, 7) is 1.09. The van der Waals surface area contributed by atoms with Gasteiger partial charge in [-0.25, -0.2) is 0 Å². The van der Waals surface area contributed by atoms with Crippen LogP contribution in [0.15, 0.2) is 72.8 Å². The number of benzene rings is 3. The molecule has 5 rings (SSSR count). The highest BCUT2D eigenvalue weighted by Gasteiger charge is 2.42. The largest absolute Gasteiger partial charge is 0.366 e. The molecule has 2 fully saturated rings. The molecule has 0 spiro atoms. The molecule has 2 saturated carbocycles. The molecule has 1 amide bonds. The number of carbonyl (C=O) groups excluding carboxylic acids is 1. The lowest BCUT2D eigenvalue weighted by molar-refractivity contribution is 0.0999. The minimum absolute atomic E-state index is 0. The number of carbonyl (C=O) groups is 1. The molecule has 0 saturated heterocycles. The number of rotatable bonds is 7. The third-order valence-corrected chi connectivity index (χ3v) is 6.19. The lowest BCUT2D eigenvalue weighted by Gasteiger charge is -2.19. The van der Waals surface area contributed by atoms with Crippen LogP contribution >= 0.6 is 12.4 Å². The van der Waals surface area contributed by atoms with Crippen LogP contribution in [-0.4, -0.2) is 18.5 Å². The third-order valence-electron chi connectivity index (χ3n) is 6.19. The third kappa shape index (κ3) is 4.14. The molecule has 0 aromatic heterocycles. The molecular weight excluding hydrogens is 392 g/mol. The Bertz CT molecular complexity index is 1030. The van der Waals surface area contributed by atoms with Crippen LogP contribution in [0.1, 0.15) is 41.1 Å². The predicted molar refractivity (Wildman–Crippen MR) is 125 cm³/mol. The second-order valence-corrected chi connectivity index (χ2v) is 8.35. The van der Waals surface area contributed by atoms with E-state index in [9.17, 15) is 4.79 Å². The number of nitrogens with two attached hydrogens (primary N) is 1. The van der Waals surface area contributed by atoms with E-state index >= 15 is 0 Å². The second-order valence-electron chi connectivity index (χ2n) is 8.35. The summed E-state index contributed by atoms with van der Waals surface area (Å²) < 4.78 is 0. The summed E-state index contributed by atoms with van der Waals surface area (Å²) in [7, 11) is 0. The average molecular weight is 419 g/mol. The van der Waals surface area contributed by atoms with E-state index in [2.05, 4.69) is 59.9 Å². The Hall–Kier alpha value is -2.62. The van der Waals surface area contributed by atoms with E-state index in [0.29, 0.717) is 17.5 Å². The topological polar surface area (TPSA) is 55.1 Å². The molecule has 3 N–H and O–H groups in total. The summed E-state index contributed by atoms with van der Waals surface area (Å²) >= 11 is 0. The lowest BCUT2D eigenvalue weighted by atomic mass is 9.85. The van der Waals surface area contributed by atoms with Gasteiger partial charge in [0.1, 0.15) is 0 Å². The number of nitrogens with one attached hydrogen (secondary N) is 1. The van der Waals surface area contributed by atoms with E-state index in [0.717, 1.165) is 46.7 Å². The molecule has 3 aromatic carbocycles. The van der Waals surface area contributed by atoms with Crippen LogP contribution in [0.3, 0.4) is 0 Å². The van der Waals surface area contributed by atoms with Gasteiger partial charge in [0.15, 0.2) is 0 Å². The number of hydrogen-bond donors (Lipinski definition) is 2. The van der Waals surface area contributed by atoms with Gasteiger partial charge >= 0.3 is 0 Å². The van der Waals surface area contributed by atoms with Gasteiger partial charge in [0.2, 0.25) is 5.91 Å². The molecule has 30 heavy (non-hydrogen) atoms. The summed E-state index contributed by atoms with van der Waals surface area (Å²) in [5, 5.41) is 3.72. The van der Waals surface area contributed by atoms with Gasteiger partial charge in [-0.3, -0.25) is 4.79 Å². The van der Waals surface area contributed by atoms with Crippen molar-refractivity contribution in [2.24, 2.45) is 11.7 Å². The Labute approximate surface area is 184 Å². The highest BCUT2D eigenvalue weighted by molar-refractivity contribution is 6.00. The van der Waals surface area contributed by atoms with Crippen molar-refractivity contribution in [2.45, 2.75) is 31.2 Å². The summed E-state index contributed by atoms with van der Waals surface area (Å²) in [5.74, 6) is 0.830. The minimum Gasteiger partial charge on any atom is -0.366 e. The summed E-state index contributed by atoms with van der Waals surface area (Å²) in [6.07, 6.45) is 3.75. The maximum Gasteiger partial charge on any atom is 0.249 e. The van der Waals surface area contributed by atoms with Crippen LogP contribution in [0.4, 0.5) is 0 Å². The van der Waals surface area contributed by atoms with Gasteiger partial charge in [0.05, 0.1) is 0 Å². The quantitative estimate of drug-likeness (QED) is 0.540. The number of primary amides is 1. The molecule has 0 radical (unpaired) electrons. The van der Waals surface area contributed by atoms with Crippen molar-refractivity contribution in [3.8, 4) is 22.3 Å². The van der Waals surface area contributed by atoms with Gasteiger partial charge in [0, 0.05) is 17.5 Å². The average Bonchev–Trinajstić information content (AvgIpc) is 3.68. The van der Waals surface area contributed by atoms with Crippen molar-refractivity contribution in [3.63, 3.8) is 0 Å². The van der Waals surface area contributed by atoms with Gasteiger partial charge in [-0.1, -0.05) is 66.7 Å². The maximum atomic E-state index is 12.4. The second kappa shape index (κ2) is 8.63. The Morgan fingerprint density at radius 1 is 0.900 bits per heavy atom. The van der Waals surface area contributed by atoms with Crippen molar-refractivity contribution < 1.29 is 4.79 Å². The highest BCUT2D eigenvalue weighted by Crippen LogP contribution is 2.49. The fraction of sp³-hybridized carbons (Fsp3) is 0.269. The smallest absolute Gasteiger partial charge is 0.249 e. The lowest BCUT2D eigenvalue weighted by Crippen LogP contribution is -2.22. The molecular formula is C26H27ClN2O. The maximum absolute atomic E-state index is 12.4. The van der Waals surface area contributed by atoms with Crippen LogP contribution in [-0.2, 0) is 0 Å². The van der Waals surface area contributed by atoms with E-state index in [4.69, 9.17) is 5.73 Å². The zero-order valence-corrected chi connectivity index (χ0v) is 17.7. The predicted octanol–water partition coefficient (Wildman–Crippen LogP) is 5.40. The zero-order chi connectivity index (χ0) is 19.8. The van der Waals surface area contributed by atoms with Crippen LogP contribution in [0.2, 0.25) is 0 Å². The van der Waals surface area contributed by atoms with Crippen LogP contribution < -0.4 is 11.1 Å². The van der Waals surface area contributed by atoms with E-state index in [-0.39, 0.29) is 18.3 Å². The molecule has 0 bridgehead atoms. The van der Waals surface area contributed by atoms with E-state index in [1.54, 1.807) is 0 Å². The van der Waals surface area contributed by atoms with E-state index in [1.807, 2.05) is 18.2 Å². The molecule has 4 heteroatoms. The molecule has 2 aliphatic rings. The first-order chi connectivity index (χ1) is 14.2. The van der Waals surface area contributed by atoms with Gasteiger partial charge in [-0.05, 0) is 65.6 Å². The van der Waals surface area contributed by atoms with Crippen LogP contribution in [0.25, 0.3) is 22.3 Å². The van der Waals surface area contributed by atoms with Gasteiger partial charge in [0.25, 0.3) is 0 Å². The molecule has 2 aliphatic carbocycles. The first-order valence-corrected chi connectivity index (χ1v) is 10.5. The Morgan fingerprint density at radius 3 is 2.13 bits per heavy atom. The van der Waals surface area contributed by atoms with Crippen molar-refractivity contribution >= 4 is 18.3 Å². The van der Waals surface area contributed by atoms with Crippen molar-refractivity contribution in [2.75, 3.05) is 6.54 Å². The van der Waals surface area contributed by atoms with Crippen LogP contribution in [0.5, 0.6) is 0 Å². The monoisotopic (exact) mass is 418 g/mol. The summed E-state index contributed by atoms with van der Waals surface area (Å²) in [4.78, 5) is 12.4. The van der Waals surface area contributed by atoms with Gasteiger partial charge in [-0.2, -0.15) is 0 Å². The van der Waals surface area contributed by atoms with Gasteiger partial charge in [-0.15, -0.1) is 12.4 Å². The minimum atomic E-state index is -0.343. The standard InChI is InChI=1S/C26H26N2O.ClH/c27-26(29)21-14-13-20(18-7-3-1-4-8-18)24(19-9-5-2-6-10-19)25(21)22-15-23(22)28-16-17-11-12-17;/h1-10,13-14,17,22-23,28H,11-12,15-16H2,(H2,27,29);1H. The molecule has 0 heterocycles. The summed E-state index contributed by atoms with van der Waals surface area (Å²) in [5.41, 5.74) is 12.2. The van der Waals surface area contributed by atoms with E-state index < -0.39 is 0 Å². The fourth-order valence-electron chi connectivity index (χ4n) is 4.37. The highest BCUT2D eigenvalue weighted by atomic mass is 35.5. The van der Waals surface area contributed by atoms with Crippen LogP contribution in [0, 0.1) is 5.92 Å². The Balaban J connectivity index is 0.00000218. The van der Waals surface area contributed by atoms with E-state index in [1.165, 1.54) is 12.8 Å².